The van der Waals surface area contributed by atoms with Gasteiger partial charge in [-0.1, -0.05) is 0 Å². The van der Waals surface area contributed by atoms with Gasteiger partial charge in [-0.3, -0.25) is 19.8 Å². The predicted molar refractivity (Wildman–Crippen MR) is 39.2 cm³/mol. The molecule has 3 amide bonds. The molecule has 0 aliphatic rings. The zero-order valence-electron chi connectivity index (χ0n) is 6.53. The summed E-state index contributed by atoms with van der Waals surface area (Å²) < 4.78 is 0. The van der Waals surface area contributed by atoms with Crippen LogP contribution in [0.25, 0.3) is 0 Å². The zero-order chi connectivity index (χ0) is 9.72. The van der Waals surface area contributed by atoms with Crippen LogP contribution in [0.15, 0.2) is 0 Å². The summed E-state index contributed by atoms with van der Waals surface area (Å²) in [4.78, 5) is 32.5. The van der Waals surface area contributed by atoms with Crippen molar-refractivity contribution in [3.63, 3.8) is 0 Å². The van der Waals surface area contributed by atoms with Gasteiger partial charge in [-0.2, -0.15) is 0 Å². The molecule has 0 radical (unpaired) electrons. The Bertz CT molecular complexity index is 215. The molecule has 0 fully saturated rings. The van der Waals surface area contributed by atoms with Gasteiger partial charge >= 0.3 is 11.8 Å². The number of hydrazine groups is 1. The number of primary amides is 1. The first-order valence-electron chi connectivity index (χ1n) is 3.03. The normalized spacial score (nSPS) is 8.83. The Labute approximate surface area is 68.6 Å². The number of nitrogens with one attached hydrogen (secondary N) is 1. The fraction of sp³-hybridized carbons (Fsp3) is 0.400. The molecular formula is C5H10N4O3. The van der Waals surface area contributed by atoms with Gasteiger partial charge in [0.15, 0.2) is 0 Å². The third-order valence-electron chi connectivity index (χ3n) is 1.07. The number of amides is 3. The average molecular weight is 174 g/mol. The van der Waals surface area contributed by atoms with Crippen molar-refractivity contribution < 1.29 is 14.4 Å². The monoisotopic (exact) mass is 174 g/mol. The first-order valence-corrected chi connectivity index (χ1v) is 3.03. The topological polar surface area (TPSA) is 119 Å². The highest BCUT2D eigenvalue weighted by Crippen LogP contribution is 1.82. The lowest BCUT2D eigenvalue weighted by atomic mass is 10.4. The summed E-state index contributed by atoms with van der Waals surface area (Å²) in [5.41, 5.74) is 6.41. The molecule has 0 aliphatic carbocycles. The second-order valence-corrected chi connectivity index (χ2v) is 2.10. The van der Waals surface area contributed by atoms with E-state index in [2.05, 4.69) is 5.84 Å². The van der Waals surface area contributed by atoms with Crippen molar-refractivity contribution in [2.24, 2.45) is 11.6 Å². The number of nitrogens with zero attached hydrogens (tertiary/aromatic N) is 1. The summed E-state index contributed by atoms with van der Waals surface area (Å²) in [6.45, 7) is -0.313. The molecule has 12 heavy (non-hydrogen) atoms. The second-order valence-electron chi connectivity index (χ2n) is 2.10. The summed E-state index contributed by atoms with van der Waals surface area (Å²) in [7, 11) is 1.27. The lowest BCUT2D eigenvalue weighted by Gasteiger charge is -2.12. The highest BCUT2D eigenvalue weighted by Gasteiger charge is 2.18. The van der Waals surface area contributed by atoms with Crippen molar-refractivity contribution in [1.29, 1.82) is 0 Å². The highest BCUT2D eigenvalue weighted by molar-refractivity contribution is 6.35. The van der Waals surface area contributed by atoms with Crippen molar-refractivity contribution in [3.05, 3.63) is 0 Å². The third-order valence-corrected chi connectivity index (χ3v) is 1.07. The van der Waals surface area contributed by atoms with E-state index in [9.17, 15) is 14.4 Å². The number of hydrogen-bond acceptors (Lipinski definition) is 4. The first-order chi connectivity index (χ1) is 5.49. The van der Waals surface area contributed by atoms with Crippen molar-refractivity contribution in [3.8, 4) is 0 Å². The van der Waals surface area contributed by atoms with Gasteiger partial charge in [0.05, 0.1) is 6.54 Å². The smallest absolute Gasteiger partial charge is 0.323 e. The maximum atomic E-state index is 10.8. The Morgan fingerprint density at radius 1 is 1.42 bits per heavy atom. The zero-order valence-corrected chi connectivity index (χ0v) is 6.53. The van der Waals surface area contributed by atoms with E-state index in [1.165, 1.54) is 7.05 Å². The molecule has 0 rings (SSSR count). The van der Waals surface area contributed by atoms with E-state index in [-0.39, 0.29) is 6.54 Å². The van der Waals surface area contributed by atoms with Gasteiger partial charge in [0.2, 0.25) is 5.91 Å². The minimum Gasteiger partial charge on any atom is -0.368 e. The van der Waals surface area contributed by atoms with Gasteiger partial charge < -0.3 is 10.6 Å². The lowest BCUT2D eigenvalue weighted by molar-refractivity contribution is -0.146. The van der Waals surface area contributed by atoms with Gasteiger partial charge in [0, 0.05) is 7.05 Å². The van der Waals surface area contributed by atoms with Crippen LogP contribution in [0.1, 0.15) is 0 Å². The Hall–Kier alpha value is -1.63. The molecule has 0 aliphatic heterocycles. The summed E-state index contributed by atoms with van der Waals surface area (Å²) in [6.07, 6.45) is 0. The predicted octanol–water partition coefficient (Wildman–Crippen LogP) is -3.08. The molecule has 7 heteroatoms. The van der Waals surface area contributed by atoms with Gasteiger partial charge in [-0.05, 0) is 0 Å². The molecule has 0 unspecified atom stereocenters. The Morgan fingerprint density at radius 3 is 2.25 bits per heavy atom. The van der Waals surface area contributed by atoms with E-state index < -0.39 is 17.7 Å². The maximum Gasteiger partial charge on any atom is 0.323 e. The van der Waals surface area contributed by atoms with Crippen LogP contribution in [-0.2, 0) is 14.4 Å². The summed E-state index contributed by atoms with van der Waals surface area (Å²) in [6, 6.07) is 0. The fourth-order valence-electron chi connectivity index (χ4n) is 0.541. The molecule has 0 bridgehead atoms. The number of carbonyl (C=O) groups excluding carboxylic acids is 3. The quantitative estimate of drug-likeness (QED) is 0.178. The molecule has 0 saturated heterocycles. The summed E-state index contributed by atoms with van der Waals surface area (Å²) in [5.74, 6) is 2.09. The third kappa shape index (κ3) is 2.97. The number of nitrogens with two attached hydrogens (primary N) is 2. The lowest BCUT2D eigenvalue weighted by Crippen LogP contribution is -2.46. The van der Waals surface area contributed by atoms with Crippen LogP contribution in [0.4, 0.5) is 0 Å². The molecule has 5 N–H and O–H groups in total. The summed E-state index contributed by atoms with van der Waals surface area (Å²) >= 11 is 0. The van der Waals surface area contributed by atoms with Crippen molar-refractivity contribution >= 4 is 17.7 Å². The minimum absolute atomic E-state index is 0.313. The maximum absolute atomic E-state index is 10.8. The van der Waals surface area contributed by atoms with Crippen LogP contribution >= 0.6 is 0 Å². The van der Waals surface area contributed by atoms with Crippen molar-refractivity contribution in [1.82, 2.24) is 10.3 Å². The SMILES string of the molecule is CN(CC(N)=O)C(=O)C(=O)NN. The van der Waals surface area contributed by atoms with Gasteiger partial charge in [-0.15, -0.1) is 0 Å². The number of rotatable bonds is 2. The summed E-state index contributed by atoms with van der Waals surface area (Å²) in [5, 5.41) is 0. The van der Waals surface area contributed by atoms with Crippen LogP contribution < -0.4 is 17.0 Å². The van der Waals surface area contributed by atoms with Crippen LogP contribution in [0, 0.1) is 0 Å². The van der Waals surface area contributed by atoms with E-state index in [4.69, 9.17) is 5.73 Å². The molecule has 0 atom stereocenters. The minimum atomic E-state index is -0.987. The molecule has 0 aromatic carbocycles. The van der Waals surface area contributed by atoms with Crippen molar-refractivity contribution in [2.75, 3.05) is 13.6 Å². The fourth-order valence-corrected chi connectivity index (χ4v) is 0.541. The van der Waals surface area contributed by atoms with E-state index in [0.29, 0.717) is 0 Å². The Balaban J connectivity index is 4.10. The molecule has 68 valence electrons. The molecule has 7 nitrogen and oxygen atoms in total. The standard InChI is InChI=1S/C5H10N4O3/c1-9(2-3(6)10)5(12)4(11)8-7/h2,7H2,1H3,(H2,6,10)(H,8,11). The van der Waals surface area contributed by atoms with Gasteiger partial charge in [0.1, 0.15) is 0 Å². The number of likely N-dealkylation sites (N-methyl/N-ethyl adjacent to an activating group) is 1. The molecule has 0 spiro atoms. The van der Waals surface area contributed by atoms with Crippen LogP contribution in [0.3, 0.4) is 0 Å². The second kappa shape index (κ2) is 4.29. The van der Waals surface area contributed by atoms with Crippen LogP contribution in [-0.4, -0.2) is 36.2 Å². The largest absolute Gasteiger partial charge is 0.368 e. The average Bonchev–Trinajstić information content (AvgIpc) is 2.00. The first kappa shape index (κ1) is 10.4. The van der Waals surface area contributed by atoms with Crippen LogP contribution in [0.5, 0.6) is 0 Å². The van der Waals surface area contributed by atoms with E-state index >= 15 is 0 Å². The van der Waals surface area contributed by atoms with Gasteiger partial charge in [-0.25, -0.2) is 5.84 Å². The van der Waals surface area contributed by atoms with Crippen molar-refractivity contribution in [2.45, 2.75) is 0 Å². The molecule has 0 aromatic rings. The molecule has 0 saturated carbocycles. The molecule has 0 aromatic heterocycles. The number of carbonyl (C=O) groups is 3. The Kier molecular flexibility index (Phi) is 3.71. The highest BCUT2D eigenvalue weighted by atomic mass is 16.2. The number of hydrogen-bond donors (Lipinski definition) is 3. The van der Waals surface area contributed by atoms with E-state index in [0.717, 1.165) is 4.90 Å². The van der Waals surface area contributed by atoms with Gasteiger partial charge in [0.25, 0.3) is 0 Å². The molecular weight excluding hydrogens is 164 g/mol. The van der Waals surface area contributed by atoms with Crippen LogP contribution in [0.2, 0.25) is 0 Å². The van der Waals surface area contributed by atoms with E-state index in [1.807, 2.05) is 0 Å². The molecule has 0 heterocycles. The van der Waals surface area contributed by atoms with E-state index in [1.54, 1.807) is 5.43 Å². The Morgan fingerprint density at radius 2 is 1.92 bits per heavy atom.